The number of halogens is 1. The Hall–Kier alpha value is -3.22. The number of aryl methyl sites for hydroxylation is 1. The molecule has 2 heterocycles. The Bertz CT molecular complexity index is 1200. The van der Waals surface area contributed by atoms with Gasteiger partial charge in [0.05, 0.1) is 23.3 Å². The van der Waals surface area contributed by atoms with Crippen LogP contribution in [0, 0.1) is 40.9 Å². The Kier molecular flexibility index (Phi) is 5.52. The number of hydrogen-bond acceptors (Lipinski definition) is 5. The third-order valence-corrected chi connectivity index (χ3v) is 6.64. The van der Waals surface area contributed by atoms with Crippen LogP contribution in [0.15, 0.2) is 70.0 Å². The molecule has 7 heteroatoms. The molecular formula is C24H21BrN5O+. The predicted octanol–water partition coefficient (Wildman–Crippen LogP) is 3.55. The fourth-order valence-electron chi connectivity index (χ4n) is 4.49. The molecule has 0 unspecified atom stereocenters. The van der Waals surface area contributed by atoms with Gasteiger partial charge in [-0.2, -0.15) is 15.1 Å². The van der Waals surface area contributed by atoms with Crippen molar-refractivity contribution in [1.29, 1.82) is 15.9 Å². The molecule has 4 rings (SSSR count). The summed E-state index contributed by atoms with van der Waals surface area (Å²) in [5, 5.41) is 42.5. The highest BCUT2D eigenvalue weighted by Gasteiger charge is 2.61. The lowest BCUT2D eigenvalue weighted by atomic mass is 9.73. The van der Waals surface area contributed by atoms with Gasteiger partial charge in [-0.3, -0.25) is 5.41 Å². The van der Waals surface area contributed by atoms with Crippen LogP contribution in [0.4, 0.5) is 0 Å². The summed E-state index contributed by atoms with van der Waals surface area (Å²) in [7, 11) is 0. The largest absolute Gasteiger partial charge is 0.365 e. The molecule has 2 aromatic rings. The Morgan fingerprint density at radius 1 is 1.23 bits per heavy atom. The van der Waals surface area contributed by atoms with Gasteiger partial charge in [0.15, 0.2) is 11.9 Å². The van der Waals surface area contributed by atoms with Gasteiger partial charge in [-0.25, -0.2) is 0 Å². The molecule has 1 aromatic carbocycles. The summed E-state index contributed by atoms with van der Waals surface area (Å²) < 4.78 is 2.91. The van der Waals surface area contributed by atoms with Crippen LogP contribution in [0.2, 0.25) is 0 Å². The molecule has 2 aliphatic rings. The van der Waals surface area contributed by atoms with Crippen LogP contribution in [0.25, 0.3) is 0 Å². The SMILES string of the molecule is Cc1cccc[n+]1[C@@H]1[C@H](c2ccc(Br)cc2)C(C#N)=C(C(=C=N)C#N)N[C@]1(O)C1CC1. The Morgan fingerprint density at radius 2 is 1.94 bits per heavy atom. The van der Waals surface area contributed by atoms with Crippen molar-refractivity contribution < 1.29 is 9.67 Å². The minimum atomic E-state index is -1.40. The molecule has 1 fully saturated rings. The van der Waals surface area contributed by atoms with Gasteiger partial charge in [0.2, 0.25) is 11.8 Å². The van der Waals surface area contributed by atoms with Gasteiger partial charge >= 0.3 is 0 Å². The number of hydrogen-bond donors (Lipinski definition) is 3. The van der Waals surface area contributed by atoms with E-state index in [-0.39, 0.29) is 17.2 Å². The topological polar surface area (TPSA) is 108 Å². The van der Waals surface area contributed by atoms with Gasteiger partial charge in [-0.15, -0.1) is 0 Å². The summed E-state index contributed by atoms with van der Waals surface area (Å²) in [6.45, 7) is 1.97. The van der Waals surface area contributed by atoms with E-state index >= 15 is 0 Å². The van der Waals surface area contributed by atoms with Gasteiger partial charge in [0, 0.05) is 29.4 Å². The van der Waals surface area contributed by atoms with Crippen molar-refractivity contribution in [3.63, 3.8) is 0 Å². The first-order chi connectivity index (χ1) is 14.9. The molecule has 1 saturated carbocycles. The van der Waals surface area contributed by atoms with E-state index < -0.39 is 17.7 Å². The molecule has 1 aromatic heterocycles. The maximum Gasteiger partial charge on any atom is 0.217 e. The Balaban J connectivity index is 2.06. The van der Waals surface area contributed by atoms with E-state index in [0.717, 1.165) is 28.6 Å². The number of rotatable bonds is 4. The molecule has 3 N–H and O–H groups in total. The number of allylic oxidation sites excluding steroid dienone is 2. The molecule has 0 saturated heterocycles. The number of aromatic nitrogens is 1. The van der Waals surface area contributed by atoms with Gasteiger partial charge in [-0.1, -0.05) is 34.1 Å². The third kappa shape index (κ3) is 3.58. The molecule has 1 aliphatic carbocycles. The van der Waals surface area contributed by atoms with Crippen molar-refractivity contribution in [2.45, 2.75) is 37.5 Å². The summed E-state index contributed by atoms with van der Waals surface area (Å²) in [5.41, 5.74) is 0.798. The quantitative estimate of drug-likeness (QED) is 0.357. The molecule has 0 radical (unpaired) electrons. The smallest absolute Gasteiger partial charge is 0.217 e. The standard InChI is InChI=1S/C24H21BrN5O/c1-15-4-2-3-11-30(15)23-21(16-5-9-19(25)10-6-16)20(14-28)22(17(12-26)13-27)29-24(23,31)18-7-8-18/h2-6,9-11,18,21,23,26,29,31H,7-8H2,1H3/q+1/t21-,23-,24+/m1/s1. The van der Waals surface area contributed by atoms with E-state index in [1.807, 2.05) is 66.2 Å². The van der Waals surface area contributed by atoms with Crippen molar-refractivity contribution in [3.8, 4) is 12.1 Å². The number of pyridine rings is 1. The molecule has 31 heavy (non-hydrogen) atoms. The minimum absolute atomic E-state index is 0.0385. The highest BCUT2D eigenvalue weighted by Crippen LogP contribution is 2.52. The third-order valence-electron chi connectivity index (χ3n) is 6.11. The van der Waals surface area contributed by atoms with Crippen LogP contribution in [-0.4, -0.2) is 16.7 Å². The second-order valence-corrected chi connectivity index (χ2v) is 8.88. The first-order valence-corrected chi connectivity index (χ1v) is 10.8. The normalized spacial score (nSPS) is 25.1. The van der Waals surface area contributed by atoms with Gasteiger partial charge in [0.1, 0.15) is 11.6 Å². The number of nitrogens with zero attached hydrogens (tertiary/aromatic N) is 3. The predicted molar refractivity (Wildman–Crippen MR) is 118 cm³/mol. The Morgan fingerprint density at radius 3 is 2.48 bits per heavy atom. The summed E-state index contributed by atoms with van der Waals surface area (Å²) in [5.74, 6) is 1.57. The maximum atomic E-state index is 12.1. The Labute approximate surface area is 189 Å². The second kappa shape index (κ2) is 8.13. The molecular weight excluding hydrogens is 454 g/mol. The fraction of sp³-hybridized carbons (Fsp3) is 0.292. The van der Waals surface area contributed by atoms with E-state index in [0.29, 0.717) is 5.57 Å². The van der Waals surface area contributed by atoms with Gasteiger partial charge < -0.3 is 10.4 Å². The lowest BCUT2D eigenvalue weighted by Gasteiger charge is -2.43. The summed E-state index contributed by atoms with van der Waals surface area (Å²) in [4.78, 5) is 0. The van der Waals surface area contributed by atoms with Crippen LogP contribution in [0.1, 0.15) is 36.1 Å². The number of benzene rings is 1. The van der Waals surface area contributed by atoms with Crippen molar-refractivity contribution in [1.82, 2.24) is 5.32 Å². The summed E-state index contributed by atoms with van der Waals surface area (Å²) >= 11 is 3.46. The number of nitrogens with one attached hydrogen (secondary N) is 2. The number of nitriles is 2. The molecule has 3 atom stereocenters. The zero-order valence-corrected chi connectivity index (χ0v) is 18.5. The summed E-state index contributed by atoms with van der Waals surface area (Å²) in [6.07, 6.45) is 3.59. The molecule has 0 spiro atoms. The van der Waals surface area contributed by atoms with Crippen molar-refractivity contribution in [3.05, 3.63) is 81.2 Å². The second-order valence-electron chi connectivity index (χ2n) is 7.96. The van der Waals surface area contributed by atoms with Gasteiger partial charge in [0.25, 0.3) is 0 Å². The minimum Gasteiger partial charge on any atom is -0.365 e. The van der Waals surface area contributed by atoms with Crippen LogP contribution in [0.3, 0.4) is 0 Å². The monoisotopic (exact) mass is 474 g/mol. The summed E-state index contributed by atoms with van der Waals surface area (Å²) in [6, 6.07) is 17.2. The molecule has 154 valence electrons. The lowest BCUT2D eigenvalue weighted by Crippen LogP contribution is -2.66. The van der Waals surface area contributed by atoms with E-state index in [4.69, 9.17) is 5.41 Å². The first kappa shape index (κ1) is 21.0. The van der Waals surface area contributed by atoms with E-state index in [1.54, 1.807) is 0 Å². The van der Waals surface area contributed by atoms with Crippen LogP contribution < -0.4 is 9.88 Å². The van der Waals surface area contributed by atoms with Crippen LogP contribution >= 0.6 is 15.9 Å². The van der Waals surface area contributed by atoms with Crippen LogP contribution in [0.5, 0.6) is 0 Å². The van der Waals surface area contributed by atoms with E-state index in [1.165, 1.54) is 0 Å². The molecule has 6 nitrogen and oxygen atoms in total. The number of aliphatic hydroxyl groups is 1. The first-order valence-electron chi connectivity index (χ1n) is 10.0. The zero-order chi connectivity index (χ0) is 22.2. The van der Waals surface area contributed by atoms with Crippen LogP contribution in [-0.2, 0) is 0 Å². The van der Waals surface area contributed by atoms with E-state index in [9.17, 15) is 15.6 Å². The van der Waals surface area contributed by atoms with E-state index in [2.05, 4.69) is 33.2 Å². The molecule has 0 amide bonds. The molecule has 0 bridgehead atoms. The van der Waals surface area contributed by atoms with Gasteiger partial charge in [-0.05, 0) is 36.4 Å². The average Bonchev–Trinajstić information content (AvgIpc) is 3.62. The highest BCUT2D eigenvalue weighted by molar-refractivity contribution is 9.10. The van der Waals surface area contributed by atoms with Crippen molar-refractivity contribution in [2.75, 3.05) is 0 Å². The maximum absolute atomic E-state index is 12.1. The molecule has 1 aliphatic heterocycles. The fourth-order valence-corrected chi connectivity index (χ4v) is 4.75. The van der Waals surface area contributed by atoms with Crippen molar-refractivity contribution >= 4 is 21.8 Å². The highest BCUT2D eigenvalue weighted by atomic mass is 79.9. The average molecular weight is 475 g/mol. The van der Waals surface area contributed by atoms with Crippen molar-refractivity contribution in [2.24, 2.45) is 5.92 Å². The lowest BCUT2D eigenvalue weighted by molar-refractivity contribution is -0.747. The zero-order valence-electron chi connectivity index (χ0n) is 16.9.